The minimum atomic E-state index is -0.735. The van der Waals surface area contributed by atoms with Crippen LogP contribution >= 0.6 is 0 Å². The third-order valence-electron chi connectivity index (χ3n) is 3.92. The Kier molecular flexibility index (Phi) is 3.14. The molecule has 1 aliphatic rings. The van der Waals surface area contributed by atoms with E-state index >= 15 is 0 Å². The van der Waals surface area contributed by atoms with Gasteiger partial charge in [-0.25, -0.2) is 0 Å². The molecule has 1 N–H and O–H groups in total. The van der Waals surface area contributed by atoms with Crippen LogP contribution in [-0.4, -0.2) is 16.8 Å². The van der Waals surface area contributed by atoms with Gasteiger partial charge in [0.15, 0.2) is 17.3 Å². The fourth-order valence-electron chi connectivity index (χ4n) is 2.78. The summed E-state index contributed by atoms with van der Waals surface area (Å²) in [5.41, 5.74) is -0.404. The van der Waals surface area contributed by atoms with Crippen molar-refractivity contribution < 1.29 is 23.9 Å². The first-order valence-corrected chi connectivity index (χ1v) is 7.30. The minimum absolute atomic E-state index is 0.0475. The molecular weight excluding hydrogens is 330 g/mol. The summed E-state index contributed by atoms with van der Waals surface area (Å²) >= 11 is 0. The smallest absolute Gasteiger partial charge is 0.312 e. The quantitative estimate of drug-likeness (QED) is 0.563. The zero-order valence-electron chi connectivity index (χ0n) is 12.9. The Bertz CT molecular complexity index is 1100. The van der Waals surface area contributed by atoms with Crippen molar-refractivity contribution in [2.24, 2.45) is 0 Å². The normalized spacial score (nSPS) is 12.5. The molecule has 0 spiro atoms. The molecule has 126 valence electrons. The van der Waals surface area contributed by atoms with Gasteiger partial charge in [-0.2, -0.15) is 0 Å². The van der Waals surface area contributed by atoms with E-state index in [2.05, 4.69) is 0 Å². The summed E-state index contributed by atoms with van der Waals surface area (Å²) in [6, 6.07) is 7.46. The highest BCUT2D eigenvalue weighted by Gasteiger charge is 2.24. The number of nitro groups is 1. The first kappa shape index (κ1) is 15.0. The van der Waals surface area contributed by atoms with Crippen molar-refractivity contribution in [3.63, 3.8) is 0 Å². The maximum absolute atomic E-state index is 12.5. The highest BCUT2D eigenvalue weighted by atomic mass is 16.7. The average molecular weight is 341 g/mol. The van der Waals surface area contributed by atoms with E-state index < -0.39 is 16.1 Å². The monoisotopic (exact) mass is 341 g/mol. The molecule has 8 nitrogen and oxygen atoms in total. The van der Waals surface area contributed by atoms with Gasteiger partial charge in [0, 0.05) is 11.6 Å². The molecule has 0 unspecified atom stereocenters. The zero-order valence-corrected chi connectivity index (χ0v) is 12.9. The molecule has 0 aliphatic carbocycles. The number of non-ortho nitro benzene ring substituents is 1. The number of ether oxygens (including phenoxy) is 2. The number of aryl methyl sites for hydroxylation is 1. The summed E-state index contributed by atoms with van der Waals surface area (Å²) < 4.78 is 16.1. The molecule has 0 bridgehead atoms. The lowest BCUT2D eigenvalue weighted by Gasteiger charge is -2.08. The van der Waals surface area contributed by atoms with Gasteiger partial charge in [-0.1, -0.05) is 0 Å². The predicted octanol–water partition coefficient (Wildman–Crippen LogP) is 3.11. The lowest BCUT2D eigenvalue weighted by atomic mass is 10.1. The molecule has 0 saturated heterocycles. The van der Waals surface area contributed by atoms with E-state index in [1.807, 2.05) is 0 Å². The molecule has 0 amide bonds. The van der Waals surface area contributed by atoms with Gasteiger partial charge >= 0.3 is 5.69 Å². The first-order valence-electron chi connectivity index (χ1n) is 7.30. The summed E-state index contributed by atoms with van der Waals surface area (Å²) in [6.07, 6.45) is 0. The Morgan fingerprint density at radius 3 is 2.68 bits per heavy atom. The summed E-state index contributed by atoms with van der Waals surface area (Å²) in [5, 5.41) is 21.5. The van der Waals surface area contributed by atoms with E-state index in [9.17, 15) is 20.0 Å². The van der Waals surface area contributed by atoms with Crippen LogP contribution in [0.15, 0.2) is 39.5 Å². The maximum atomic E-state index is 12.5. The van der Waals surface area contributed by atoms with Crippen LogP contribution in [0.1, 0.15) is 5.56 Å². The largest absolute Gasteiger partial charge is 0.502 e. The third-order valence-corrected chi connectivity index (χ3v) is 3.92. The Morgan fingerprint density at radius 2 is 1.92 bits per heavy atom. The topological polar surface area (TPSA) is 112 Å². The fraction of sp³-hybridized carbons (Fsp3) is 0.118. The minimum Gasteiger partial charge on any atom is -0.502 e. The number of nitrogens with zero attached hydrogens (tertiary/aromatic N) is 1. The van der Waals surface area contributed by atoms with Crippen molar-refractivity contribution >= 4 is 16.7 Å². The number of hydrogen-bond acceptors (Lipinski definition) is 7. The molecule has 0 atom stereocenters. The van der Waals surface area contributed by atoms with Crippen LogP contribution in [0.3, 0.4) is 0 Å². The molecule has 8 heteroatoms. The van der Waals surface area contributed by atoms with E-state index in [1.165, 1.54) is 18.2 Å². The SMILES string of the molecule is Cc1cc([N+](=O)[O-])c2oc(-c3ccc4c(c3)OCO4)c(O)c(=O)c2c1. The van der Waals surface area contributed by atoms with Crippen LogP contribution in [0.4, 0.5) is 5.69 Å². The van der Waals surface area contributed by atoms with Gasteiger partial charge < -0.3 is 19.0 Å². The molecule has 0 radical (unpaired) electrons. The summed E-state index contributed by atoms with van der Waals surface area (Å²) in [7, 11) is 0. The molecule has 0 saturated carbocycles. The highest BCUT2D eigenvalue weighted by molar-refractivity contribution is 5.89. The van der Waals surface area contributed by atoms with Gasteiger partial charge in [-0.15, -0.1) is 0 Å². The Balaban J connectivity index is 2.04. The second-order valence-electron chi connectivity index (χ2n) is 5.59. The number of benzene rings is 2. The second-order valence-corrected chi connectivity index (χ2v) is 5.59. The molecule has 1 aromatic heterocycles. The molecular formula is C17H11NO7. The number of fused-ring (bicyclic) bond motifs is 2. The van der Waals surface area contributed by atoms with Crippen LogP contribution in [0.5, 0.6) is 17.2 Å². The van der Waals surface area contributed by atoms with Crippen LogP contribution in [0.2, 0.25) is 0 Å². The number of hydrogen-bond donors (Lipinski definition) is 1. The molecule has 3 aromatic rings. The van der Waals surface area contributed by atoms with Crippen LogP contribution in [-0.2, 0) is 0 Å². The lowest BCUT2D eigenvalue weighted by molar-refractivity contribution is -0.383. The van der Waals surface area contributed by atoms with E-state index in [0.717, 1.165) is 0 Å². The van der Waals surface area contributed by atoms with Gasteiger partial charge in [0.2, 0.25) is 23.6 Å². The van der Waals surface area contributed by atoms with Crippen molar-refractivity contribution in [2.75, 3.05) is 6.79 Å². The first-order chi connectivity index (χ1) is 12.0. The van der Waals surface area contributed by atoms with Crippen molar-refractivity contribution in [2.45, 2.75) is 6.92 Å². The molecule has 2 heterocycles. The van der Waals surface area contributed by atoms with E-state index in [0.29, 0.717) is 22.6 Å². The fourth-order valence-corrected chi connectivity index (χ4v) is 2.78. The van der Waals surface area contributed by atoms with Crippen molar-refractivity contribution in [1.29, 1.82) is 0 Å². The highest BCUT2D eigenvalue weighted by Crippen LogP contribution is 2.39. The predicted molar refractivity (Wildman–Crippen MR) is 87.1 cm³/mol. The van der Waals surface area contributed by atoms with Crippen molar-refractivity contribution in [1.82, 2.24) is 0 Å². The van der Waals surface area contributed by atoms with Gasteiger partial charge in [0.1, 0.15) is 0 Å². The van der Waals surface area contributed by atoms with E-state index in [-0.39, 0.29) is 29.2 Å². The van der Waals surface area contributed by atoms with Crippen molar-refractivity contribution in [3.8, 4) is 28.6 Å². The van der Waals surface area contributed by atoms with E-state index in [4.69, 9.17) is 13.9 Å². The molecule has 2 aromatic carbocycles. The summed E-state index contributed by atoms with van der Waals surface area (Å²) in [5.74, 6) is 0.167. The number of aromatic hydroxyl groups is 1. The standard InChI is InChI=1S/C17H11NO7/c1-8-4-10-14(19)15(20)16(25-17(10)11(5-8)18(21)22)9-2-3-12-13(6-9)24-7-23-12/h2-6,20H,7H2,1H3. The van der Waals surface area contributed by atoms with Crippen LogP contribution < -0.4 is 14.9 Å². The Hall–Kier alpha value is -3.55. The second kappa shape index (κ2) is 5.23. The zero-order chi connectivity index (χ0) is 17.7. The summed E-state index contributed by atoms with van der Waals surface area (Å²) in [4.78, 5) is 23.2. The van der Waals surface area contributed by atoms with Gasteiger partial charge in [0.05, 0.1) is 10.3 Å². The molecule has 1 aliphatic heterocycles. The number of rotatable bonds is 2. The van der Waals surface area contributed by atoms with Gasteiger partial charge in [-0.3, -0.25) is 14.9 Å². The molecule has 0 fully saturated rings. The van der Waals surface area contributed by atoms with Gasteiger partial charge in [0.25, 0.3) is 0 Å². The average Bonchev–Trinajstić information content (AvgIpc) is 3.05. The van der Waals surface area contributed by atoms with Crippen molar-refractivity contribution in [3.05, 3.63) is 56.2 Å². The molecule has 4 rings (SSSR count). The van der Waals surface area contributed by atoms with Crippen LogP contribution in [0.25, 0.3) is 22.3 Å². The van der Waals surface area contributed by atoms with Crippen LogP contribution in [0, 0.1) is 17.0 Å². The maximum Gasteiger partial charge on any atom is 0.312 e. The third kappa shape index (κ3) is 2.26. The van der Waals surface area contributed by atoms with Gasteiger partial charge in [-0.05, 0) is 36.8 Å². The summed E-state index contributed by atoms with van der Waals surface area (Å²) in [6.45, 7) is 1.69. The number of nitro benzene ring substituents is 1. The van der Waals surface area contributed by atoms with E-state index in [1.54, 1.807) is 19.1 Å². The Labute approximate surface area is 140 Å². The lowest BCUT2D eigenvalue weighted by Crippen LogP contribution is -2.04. The Morgan fingerprint density at radius 1 is 1.16 bits per heavy atom. The molecule has 25 heavy (non-hydrogen) atoms.